The number of aromatic nitrogens is 2. The van der Waals surface area contributed by atoms with Gasteiger partial charge in [0.05, 0.1) is 16.0 Å². The van der Waals surface area contributed by atoms with E-state index in [-0.39, 0.29) is 5.91 Å². The van der Waals surface area contributed by atoms with E-state index in [9.17, 15) is 4.79 Å². The van der Waals surface area contributed by atoms with Gasteiger partial charge in [-0.2, -0.15) is 0 Å². The van der Waals surface area contributed by atoms with Gasteiger partial charge in [-0.15, -0.1) is 22.7 Å². The van der Waals surface area contributed by atoms with Crippen LogP contribution >= 0.6 is 34.4 Å². The van der Waals surface area contributed by atoms with Crippen molar-refractivity contribution in [2.45, 2.75) is 4.34 Å². The van der Waals surface area contributed by atoms with Gasteiger partial charge in [0, 0.05) is 17.3 Å². The molecule has 5 nitrogen and oxygen atoms in total. The van der Waals surface area contributed by atoms with Crippen molar-refractivity contribution in [2.24, 2.45) is 0 Å². The predicted octanol–water partition coefficient (Wildman–Crippen LogP) is 3.07. The zero-order valence-corrected chi connectivity index (χ0v) is 12.6. The number of nitrogens with one attached hydrogen (secondary N) is 1. The number of nitrogens with two attached hydrogens (primary N) is 1. The van der Waals surface area contributed by atoms with E-state index in [0.29, 0.717) is 10.9 Å². The number of thiazole rings is 2. The van der Waals surface area contributed by atoms with Crippen LogP contribution in [0.5, 0.6) is 0 Å². The molecular weight excluding hydrogens is 312 g/mol. The minimum absolute atomic E-state index is 0.0799. The number of benzene rings is 1. The third kappa shape index (κ3) is 3.09. The van der Waals surface area contributed by atoms with Crippen LogP contribution in [0.25, 0.3) is 10.2 Å². The molecule has 1 amide bonds. The second-order valence-corrected chi connectivity index (χ2v) is 7.03. The van der Waals surface area contributed by atoms with Crippen molar-refractivity contribution >= 4 is 61.4 Å². The summed E-state index contributed by atoms with van der Waals surface area (Å²) >= 11 is 4.35. The molecule has 0 saturated heterocycles. The minimum Gasteiger partial charge on any atom is -0.399 e. The summed E-state index contributed by atoms with van der Waals surface area (Å²) < 4.78 is 1.90. The molecule has 1 aromatic carbocycles. The highest BCUT2D eigenvalue weighted by molar-refractivity contribution is 8.01. The largest absolute Gasteiger partial charge is 0.399 e. The first-order valence-electron chi connectivity index (χ1n) is 5.69. The summed E-state index contributed by atoms with van der Waals surface area (Å²) in [5.74, 6) is 0.234. The summed E-state index contributed by atoms with van der Waals surface area (Å²) in [7, 11) is 0. The average Bonchev–Trinajstić information content (AvgIpc) is 3.04. The van der Waals surface area contributed by atoms with Crippen molar-refractivity contribution in [1.82, 2.24) is 9.97 Å². The fourth-order valence-electron chi connectivity index (χ4n) is 1.55. The second kappa shape index (κ2) is 5.78. The molecule has 8 heteroatoms. The maximum Gasteiger partial charge on any atom is 0.236 e. The molecule has 0 aliphatic rings. The number of nitrogen functional groups attached to an aromatic ring is 1. The Hall–Kier alpha value is -1.64. The van der Waals surface area contributed by atoms with Crippen LogP contribution < -0.4 is 11.1 Å². The van der Waals surface area contributed by atoms with Gasteiger partial charge in [0.1, 0.15) is 0 Å². The Balaban J connectivity index is 1.63. The Bertz CT molecular complexity index is 738. The maximum atomic E-state index is 11.7. The summed E-state index contributed by atoms with van der Waals surface area (Å²) in [5.41, 5.74) is 7.36. The first-order chi connectivity index (χ1) is 9.70. The normalized spacial score (nSPS) is 10.8. The Morgan fingerprint density at radius 2 is 2.35 bits per heavy atom. The summed E-state index contributed by atoms with van der Waals surface area (Å²) in [4.78, 5) is 20.2. The van der Waals surface area contributed by atoms with Crippen LogP contribution in [0, 0.1) is 0 Å². The lowest BCUT2D eigenvalue weighted by atomic mass is 10.3. The third-order valence-electron chi connectivity index (χ3n) is 2.40. The average molecular weight is 322 g/mol. The number of amides is 1. The molecule has 2 aromatic heterocycles. The van der Waals surface area contributed by atoms with Gasteiger partial charge in [-0.1, -0.05) is 11.8 Å². The maximum absolute atomic E-state index is 11.7. The van der Waals surface area contributed by atoms with Crippen LogP contribution in [0.2, 0.25) is 0 Å². The van der Waals surface area contributed by atoms with E-state index in [2.05, 4.69) is 15.3 Å². The molecule has 0 bridgehead atoms. The van der Waals surface area contributed by atoms with Crippen molar-refractivity contribution in [2.75, 3.05) is 16.8 Å². The molecule has 20 heavy (non-hydrogen) atoms. The molecule has 0 saturated carbocycles. The van der Waals surface area contributed by atoms with E-state index >= 15 is 0 Å². The van der Waals surface area contributed by atoms with E-state index in [1.807, 2.05) is 23.6 Å². The van der Waals surface area contributed by atoms with Gasteiger partial charge in [-0.3, -0.25) is 4.79 Å². The van der Waals surface area contributed by atoms with Crippen molar-refractivity contribution in [3.8, 4) is 0 Å². The molecule has 0 atom stereocenters. The van der Waals surface area contributed by atoms with Crippen LogP contribution in [0.4, 0.5) is 10.8 Å². The molecule has 3 rings (SSSR count). The monoisotopic (exact) mass is 322 g/mol. The zero-order chi connectivity index (χ0) is 13.9. The number of rotatable bonds is 4. The lowest BCUT2D eigenvalue weighted by Crippen LogP contribution is -2.13. The highest BCUT2D eigenvalue weighted by Crippen LogP contribution is 2.30. The predicted molar refractivity (Wildman–Crippen MR) is 85.5 cm³/mol. The number of hydrogen-bond acceptors (Lipinski definition) is 7. The second-order valence-electron chi connectivity index (χ2n) is 3.88. The smallest absolute Gasteiger partial charge is 0.236 e. The minimum atomic E-state index is -0.0799. The van der Waals surface area contributed by atoms with Crippen LogP contribution in [0.3, 0.4) is 0 Å². The fourth-order valence-corrected chi connectivity index (χ4v) is 4.01. The summed E-state index contributed by atoms with van der Waals surface area (Å²) in [5, 5.41) is 5.18. The molecular formula is C12H10N4OS3. The van der Waals surface area contributed by atoms with E-state index in [4.69, 9.17) is 5.73 Å². The third-order valence-corrected chi connectivity index (χ3v) is 5.25. The van der Waals surface area contributed by atoms with Crippen molar-refractivity contribution < 1.29 is 4.79 Å². The van der Waals surface area contributed by atoms with E-state index < -0.39 is 0 Å². The van der Waals surface area contributed by atoms with Gasteiger partial charge >= 0.3 is 0 Å². The number of fused-ring (bicyclic) bond motifs is 1. The van der Waals surface area contributed by atoms with E-state index in [1.54, 1.807) is 17.5 Å². The quantitative estimate of drug-likeness (QED) is 0.570. The van der Waals surface area contributed by atoms with Gasteiger partial charge in [-0.25, -0.2) is 9.97 Å². The summed E-state index contributed by atoms with van der Waals surface area (Å²) in [6, 6.07) is 5.61. The van der Waals surface area contributed by atoms with Crippen molar-refractivity contribution in [1.29, 1.82) is 0 Å². The number of thioether (sulfide) groups is 1. The molecule has 0 fully saturated rings. The van der Waals surface area contributed by atoms with Gasteiger partial charge in [0.25, 0.3) is 0 Å². The number of hydrogen-bond donors (Lipinski definition) is 2. The Kier molecular flexibility index (Phi) is 3.86. The Labute approximate surface area is 127 Å². The molecule has 0 radical (unpaired) electrons. The van der Waals surface area contributed by atoms with Crippen LogP contribution in [-0.4, -0.2) is 21.6 Å². The number of carbonyl (C=O) groups is 1. The lowest BCUT2D eigenvalue weighted by Gasteiger charge is -1.98. The first kappa shape index (κ1) is 13.3. The van der Waals surface area contributed by atoms with Gasteiger partial charge in [-0.05, 0) is 18.2 Å². The fraction of sp³-hybridized carbons (Fsp3) is 0.0833. The molecule has 0 spiro atoms. The Morgan fingerprint density at radius 1 is 1.45 bits per heavy atom. The first-order valence-corrected chi connectivity index (χ1v) is 8.37. The number of anilines is 2. The van der Waals surface area contributed by atoms with Crippen LogP contribution in [-0.2, 0) is 4.79 Å². The molecule has 0 aliphatic heterocycles. The van der Waals surface area contributed by atoms with Crippen molar-refractivity contribution in [3.63, 3.8) is 0 Å². The van der Waals surface area contributed by atoms with Crippen LogP contribution in [0.1, 0.15) is 0 Å². The SMILES string of the molecule is Nc1ccc2nc(SCC(=O)Nc3nccs3)sc2c1. The molecule has 2 heterocycles. The number of carbonyl (C=O) groups excluding carboxylic acids is 1. The van der Waals surface area contributed by atoms with Crippen molar-refractivity contribution in [3.05, 3.63) is 29.8 Å². The van der Waals surface area contributed by atoms with E-state index in [0.717, 1.165) is 20.2 Å². The van der Waals surface area contributed by atoms with Gasteiger partial charge < -0.3 is 11.1 Å². The van der Waals surface area contributed by atoms with Gasteiger partial charge in [0.2, 0.25) is 5.91 Å². The topological polar surface area (TPSA) is 80.9 Å². The zero-order valence-electron chi connectivity index (χ0n) is 10.2. The van der Waals surface area contributed by atoms with E-state index in [1.165, 1.54) is 23.1 Å². The number of nitrogens with zero attached hydrogens (tertiary/aromatic N) is 2. The molecule has 3 aromatic rings. The molecule has 102 valence electrons. The summed E-state index contributed by atoms with van der Waals surface area (Å²) in [6.07, 6.45) is 1.66. The molecule has 0 aliphatic carbocycles. The van der Waals surface area contributed by atoms with Crippen LogP contribution in [0.15, 0.2) is 34.1 Å². The standard InChI is InChI=1S/C12H10N4OS3/c13-7-1-2-8-9(5-7)20-12(15-8)19-6-10(17)16-11-14-3-4-18-11/h1-5H,6,13H2,(H,14,16,17). The van der Waals surface area contributed by atoms with Gasteiger partial charge in [0.15, 0.2) is 9.47 Å². The molecule has 0 unspecified atom stereocenters. The lowest BCUT2D eigenvalue weighted by molar-refractivity contribution is -0.113. The highest BCUT2D eigenvalue weighted by Gasteiger charge is 2.09. The molecule has 3 N–H and O–H groups in total. The highest BCUT2D eigenvalue weighted by atomic mass is 32.2. The Morgan fingerprint density at radius 3 is 3.15 bits per heavy atom. The summed E-state index contributed by atoms with van der Waals surface area (Å²) in [6.45, 7) is 0.